The maximum Gasteiger partial charge on any atom is 0.433 e. The Bertz CT molecular complexity index is 1170. The predicted molar refractivity (Wildman–Crippen MR) is 94.1 cm³/mol. The van der Waals surface area contributed by atoms with E-state index in [9.17, 15) is 34.8 Å². The Hall–Kier alpha value is -2.61. The van der Waals surface area contributed by atoms with E-state index in [1.165, 1.54) is 6.92 Å². The average molecular weight is 468 g/mol. The highest BCUT2D eigenvalue weighted by Crippen LogP contribution is 2.37. The first kappa shape index (κ1) is 22.1. The molecule has 30 heavy (non-hydrogen) atoms. The Morgan fingerprint density at radius 1 is 0.933 bits per heavy atom. The Labute approximate surface area is 169 Å². The molecule has 0 radical (unpaired) electrons. The van der Waals surface area contributed by atoms with Crippen LogP contribution >= 0.6 is 11.3 Å². The third kappa shape index (κ3) is 4.43. The Kier molecular flexibility index (Phi) is 5.58. The number of pyridine rings is 2. The highest BCUT2D eigenvalue weighted by atomic mass is 32.2. The summed E-state index contributed by atoms with van der Waals surface area (Å²) in [6.45, 7) is 1.26. The van der Waals surface area contributed by atoms with E-state index in [0.29, 0.717) is 12.3 Å². The molecule has 0 aliphatic carbocycles. The largest absolute Gasteiger partial charge is 0.433 e. The minimum absolute atomic E-state index is 0.0905. The fraction of sp³-hybridized carbons (Fsp3) is 0.250. The van der Waals surface area contributed by atoms with Gasteiger partial charge in [-0.2, -0.15) is 26.3 Å². The summed E-state index contributed by atoms with van der Waals surface area (Å²) in [5.74, 6) is -0.475. The number of rotatable bonds is 4. The molecule has 0 spiro atoms. The number of halogens is 6. The molecule has 0 saturated carbocycles. The van der Waals surface area contributed by atoms with E-state index in [4.69, 9.17) is 0 Å². The molecule has 0 aliphatic rings. The molecular weight excluding hydrogens is 458 g/mol. The zero-order valence-electron chi connectivity index (χ0n) is 14.8. The van der Waals surface area contributed by atoms with Crippen molar-refractivity contribution in [3.63, 3.8) is 0 Å². The van der Waals surface area contributed by atoms with Crippen LogP contribution in [0.1, 0.15) is 18.2 Å². The molecule has 0 atom stereocenters. The van der Waals surface area contributed by atoms with E-state index < -0.39 is 44.1 Å². The summed E-state index contributed by atoms with van der Waals surface area (Å²) in [6.07, 6.45) is -8.04. The quantitative estimate of drug-likeness (QED) is 0.525. The van der Waals surface area contributed by atoms with Gasteiger partial charge in [-0.15, -0.1) is 10.2 Å². The zero-order chi connectivity index (χ0) is 22.3. The Morgan fingerprint density at radius 3 is 2.13 bits per heavy atom. The summed E-state index contributed by atoms with van der Waals surface area (Å²) in [5, 5.41) is 7.49. The molecule has 0 bridgehead atoms. The topological polar surface area (TPSA) is 85.7 Å². The van der Waals surface area contributed by atoms with Crippen molar-refractivity contribution >= 4 is 21.2 Å². The van der Waals surface area contributed by atoms with E-state index in [1.807, 2.05) is 0 Å². The molecule has 0 saturated heterocycles. The Morgan fingerprint density at radius 2 is 1.60 bits per heavy atom. The zero-order valence-corrected chi connectivity index (χ0v) is 16.4. The molecule has 0 amide bonds. The number of aromatic nitrogens is 4. The van der Waals surface area contributed by atoms with Crippen LogP contribution in [-0.4, -0.2) is 34.3 Å². The second kappa shape index (κ2) is 7.58. The van der Waals surface area contributed by atoms with Crippen LogP contribution in [0.3, 0.4) is 0 Å². The van der Waals surface area contributed by atoms with Crippen LogP contribution in [0.2, 0.25) is 0 Å². The van der Waals surface area contributed by atoms with Gasteiger partial charge in [-0.3, -0.25) is 9.97 Å². The van der Waals surface area contributed by atoms with Gasteiger partial charge in [0.25, 0.3) is 0 Å². The average Bonchev–Trinajstić information content (AvgIpc) is 3.16. The molecule has 14 heteroatoms. The van der Waals surface area contributed by atoms with Crippen LogP contribution in [-0.2, 0) is 22.2 Å². The van der Waals surface area contributed by atoms with Crippen molar-refractivity contribution in [2.45, 2.75) is 24.2 Å². The predicted octanol–water partition coefficient (Wildman–Crippen LogP) is 4.49. The van der Waals surface area contributed by atoms with Crippen molar-refractivity contribution in [3.8, 4) is 21.3 Å². The van der Waals surface area contributed by atoms with E-state index in [-0.39, 0.29) is 21.3 Å². The van der Waals surface area contributed by atoms with Crippen LogP contribution in [0, 0.1) is 0 Å². The fourth-order valence-corrected chi connectivity index (χ4v) is 4.25. The van der Waals surface area contributed by atoms with Crippen molar-refractivity contribution in [3.05, 3.63) is 41.9 Å². The normalized spacial score (nSPS) is 12.9. The second-order valence-electron chi connectivity index (χ2n) is 5.81. The van der Waals surface area contributed by atoms with Crippen LogP contribution < -0.4 is 0 Å². The summed E-state index contributed by atoms with van der Waals surface area (Å²) >= 11 is 0.755. The van der Waals surface area contributed by atoms with Gasteiger partial charge < -0.3 is 0 Å². The number of hydrogen-bond acceptors (Lipinski definition) is 7. The van der Waals surface area contributed by atoms with E-state index in [2.05, 4.69) is 20.2 Å². The first-order valence-corrected chi connectivity index (χ1v) is 10.5. The van der Waals surface area contributed by atoms with Gasteiger partial charge in [0.2, 0.25) is 0 Å². The van der Waals surface area contributed by atoms with Gasteiger partial charge in [-0.1, -0.05) is 18.3 Å². The maximum absolute atomic E-state index is 13.0. The summed E-state index contributed by atoms with van der Waals surface area (Å²) < 4.78 is 101. The number of alkyl halides is 6. The molecule has 160 valence electrons. The SMILES string of the molecule is CCS(=O)(=O)c1cc(C(F)(F)F)cnc1-c1nnc(-c2ccc(C(F)(F)F)nc2)s1. The maximum atomic E-state index is 13.0. The molecule has 0 aromatic carbocycles. The summed E-state index contributed by atoms with van der Waals surface area (Å²) in [4.78, 5) is 6.26. The third-order valence-electron chi connectivity index (χ3n) is 3.82. The lowest BCUT2D eigenvalue weighted by Gasteiger charge is -2.11. The van der Waals surface area contributed by atoms with Crippen molar-refractivity contribution in [1.82, 2.24) is 20.2 Å². The molecule has 6 nitrogen and oxygen atoms in total. The molecule has 0 unspecified atom stereocenters. The monoisotopic (exact) mass is 468 g/mol. The van der Waals surface area contributed by atoms with Crippen LogP contribution in [0.15, 0.2) is 35.5 Å². The molecule has 0 aliphatic heterocycles. The number of hydrogen-bond donors (Lipinski definition) is 0. The lowest BCUT2D eigenvalue weighted by molar-refractivity contribution is -0.141. The smallest absolute Gasteiger partial charge is 0.252 e. The van der Waals surface area contributed by atoms with Gasteiger partial charge in [0.1, 0.15) is 16.4 Å². The molecule has 3 heterocycles. The van der Waals surface area contributed by atoms with Crippen molar-refractivity contribution < 1.29 is 34.8 Å². The number of nitrogens with zero attached hydrogens (tertiary/aromatic N) is 4. The minimum atomic E-state index is -4.80. The summed E-state index contributed by atoms with van der Waals surface area (Å²) in [7, 11) is -4.10. The van der Waals surface area contributed by atoms with E-state index in [0.717, 1.165) is 29.7 Å². The van der Waals surface area contributed by atoms with Gasteiger partial charge in [0.15, 0.2) is 14.8 Å². The van der Waals surface area contributed by atoms with Gasteiger partial charge in [0.05, 0.1) is 16.2 Å². The highest BCUT2D eigenvalue weighted by Gasteiger charge is 2.34. The molecule has 0 N–H and O–H groups in total. The first-order valence-electron chi connectivity index (χ1n) is 8.00. The minimum Gasteiger partial charge on any atom is -0.252 e. The van der Waals surface area contributed by atoms with Crippen molar-refractivity contribution in [1.29, 1.82) is 0 Å². The van der Waals surface area contributed by atoms with Crippen LogP contribution in [0.25, 0.3) is 21.3 Å². The van der Waals surface area contributed by atoms with Crippen LogP contribution in [0.4, 0.5) is 26.3 Å². The highest BCUT2D eigenvalue weighted by molar-refractivity contribution is 7.91. The van der Waals surface area contributed by atoms with Gasteiger partial charge in [0, 0.05) is 18.0 Å². The van der Waals surface area contributed by atoms with Gasteiger partial charge >= 0.3 is 12.4 Å². The van der Waals surface area contributed by atoms with Crippen molar-refractivity contribution in [2.75, 3.05) is 5.75 Å². The standard InChI is InChI=1S/C16H10F6N4O2S2/c1-2-30(27,28)10-5-9(15(17,18)19)7-24-12(10)14-26-25-13(29-14)8-3-4-11(23-6-8)16(20,21)22/h3-7H,2H2,1H3. The fourth-order valence-electron chi connectivity index (χ4n) is 2.28. The lowest BCUT2D eigenvalue weighted by Crippen LogP contribution is -2.12. The molecule has 3 aromatic rings. The van der Waals surface area contributed by atoms with E-state index in [1.54, 1.807) is 0 Å². The first-order chi connectivity index (χ1) is 13.8. The Balaban J connectivity index is 2.06. The molecule has 3 aromatic heterocycles. The summed E-state index contributed by atoms with van der Waals surface area (Å²) in [5.41, 5.74) is -2.52. The number of sulfone groups is 1. The lowest BCUT2D eigenvalue weighted by atomic mass is 10.2. The third-order valence-corrected chi connectivity index (χ3v) is 6.54. The van der Waals surface area contributed by atoms with Crippen molar-refractivity contribution in [2.24, 2.45) is 0 Å². The molecule has 0 fully saturated rings. The summed E-state index contributed by atoms with van der Waals surface area (Å²) in [6, 6.07) is 2.31. The van der Waals surface area contributed by atoms with E-state index >= 15 is 0 Å². The van der Waals surface area contributed by atoms with Gasteiger partial charge in [-0.05, 0) is 18.2 Å². The van der Waals surface area contributed by atoms with Gasteiger partial charge in [-0.25, -0.2) is 8.42 Å². The van der Waals surface area contributed by atoms with Crippen LogP contribution in [0.5, 0.6) is 0 Å². The molecular formula is C16H10F6N4O2S2. The molecule has 3 rings (SSSR count). The second-order valence-corrected chi connectivity index (χ2v) is 9.04.